The Hall–Kier alpha value is -2.60. The van der Waals surface area contributed by atoms with Crippen LogP contribution in [0.3, 0.4) is 0 Å². The van der Waals surface area contributed by atoms with Gasteiger partial charge >= 0.3 is 12.0 Å². The van der Waals surface area contributed by atoms with Gasteiger partial charge in [-0.15, -0.1) is 0 Å². The maximum atomic E-state index is 13.7. The molecule has 3 rings (SSSR count). The maximum Gasteiger partial charge on any atom is 0.318 e. The van der Waals surface area contributed by atoms with E-state index in [0.717, 1.165) is 0 Å². The minimum atomic E-state index is -0.957. The van der Waals surface area contributed by atoms with E-state index in [1.165, 1.54) is 17.0 Å². The number of carboxylic acid groups (broad SMARTS) is 1. The lowest BCUT2D eigenvalue weighted by atomic mass is 9.90. The van der Waals surface area contributed by atoms with E-state index in [1.807, 2.05) is 0 Å². The fourth-order valence-electron chi connectivity index (χ4n) is 3.26. The third-order valence-electron chi connectivity index (χ3n) is 4.91. The van der Waals surface area contributed by atoms with Crippen LogP contribution < -0.4 is 5.32 Å². The van der Waals surface area contributed by atoms with E-state index >= 15 is 0 Å². The minimum Gasteiger partial charge on any atom is -0.481 e. The van der Waals surface area contributed by atoms with Crippen LogP contribution in [0.2, 0.25) is 5.02 Å². The molecule has 1 heterocycles. The molecule has 0 radical (unpaired) electrons. The molecule has 0 aliphatic carbocycles. The molecule has 1 aliphatic rings. The van der Waals surface area contributed by atoms with Gasteiger partial charge in [0, 0.05) is 18.1 Å². The Labute approximate surface area is 161 Å². The fraction of sp³-hybridized carbons (Fsp3) is 0.300. The van der Waals surface area contributed by atoms with Gasteiger partial charge in [0.2, 0.25) is 0 Å². The van der Waals surface area contributed by atoms with Crippen molar-refractivity contribution in [3.8, 4) is 0 Å². The van der Waals surface area contributed by atoms with Gasteiger partial charge in [-0.2, -0.15) is 0 Å². The second kappa shape index (κ2) is 7.56. The molecule has 2 amide bonds. The first kappa shape index (κ1) is 19.2. The van der Waals surface area contributed by atoms with Gasteiger partial charge in [-0.25, -0.2) is 9.18 Å². The SMILES string of the molecule is CC1(C(=O)O)CCN(C(=O)NC(c2cccc(F)c2)c2cccc(Cl)c2)C1. The van der Waals surface area contributed by atoms with E-state index in [0.29, 0.717) is 29.1 Å². The predicted molar refractivity (Wildman–Crippen MR) is 100 cm³/mol. The minimum absolute atomic E-state index is 0.125. The monoisotopic (exact) mass is 390 g/mol. The lowest BCUT2D eigenvalue weighted by Crippen LogP contribution is -2.42. The van der Waals surface area contributed by atoms with Crippen molar-refractivity contribution in [2.75, 3.05) is 13.1 Å². The van der Waals surface area contributed by atoms with Crippen LogP contribution in [-0.2, 0) is 4.79 Å². The normalized spacial score (nSPS) is 20.3. The van der Waals surface area contributed by atoms with Gasteiger partial charge in [-0.1, -0.05) is 35.9 Å². The van der Waals surface area contributed by atoms with Crippen molar-refractivity contribution in [3.05, 3.63) is 70.5 Å². The number of likely N-dealkylation sites (tertiary alicyclic amines) is 1. The number of amides is 2. The summed E-state index contributed by atoms with van der Waals surface area (Å²) < 4.78 is 13.7. The number of urea groups is 1. The molecule has 1 fully saturated rings. The van der Waals surface area contributed by atoms with Crippen LogP contribution in [-0.4, -0.2) is 35.1 Å². The highest BCUT2D eigenvalue weighted by Crippen LogP contribution is 2.31. The van der Waals surface area contributed by atoms with E-state index in [2.05, 4.69) is 5.32 Å². The first-order chi connectivity index (χ1) is 12.8. The number of carbonyl (C=O) groups excluding carboxylic acids is 1. The van der Waals surface area contributed by atoms with Crippen LogP contribution in [0, 0.1) is 11.2 Å². The van der Waals surface area contributed by atoms with E-state index in [-0.39, 0.29) is 6.54 Å². The predicted octanol–water partition coefficient (Wildman–Crippen LogP) is 4.07. The van der Waals surface area contributed by atoms with Crippen LogP contribution in [0.4, 0.5) is 9.18 Å². The number of carbonyl (C=O) groups is 2. The summed E-state index contributed by atoms with van der Waals surface area (Å²) in [6.45, 7) is 2.10. The third kappa shape index (κ3) is 4.22. The van der Waals surface area contributed by atoms with Gasteiger partial charge < -0.3 is 15.3 Å². The van der Waals surface area contributed by atoms with Crippen molar-refractivity contribution in [2.45, 2.75) is 19.4 Å². The van der Waals surface area contributed by atoms with Crippen molar-refractivity contribution in [2.24, 2.45) is 5.41 Å². The second-order valence-corrected chi connectivity index (χ2v) is 7.47. The fourth-order valence-corrected chi connectivity index (χ4v) is 3.45. The van der Waals surface area contributed by atoms with Gasteiger partial charge in [0.1, 0.15) is 5.82 Å². The molecule has 1 saturated heterocycles. The average Bonchev–Trinajstić information content (AvgIpc) is 3.03. The van der Waals surface area contributed by atoms with Crippen molar-refractivity contribution in [3.63, 3.8) is 0 Å². The van der Waals surface area contributed by atoms with Crippen molar-refractivity contribution in [1.82, 2.24) is 10.2 Å². The molecule has 0 saturated carbocycles. The lowest BCUT2D eigenvalue weighted by molar-refractivity contribution is -0.147. The van der Waals surface area contributed by atoms with Crippen LogP contribution in [0.25, 0.3) is 0 Å². The summed E-state index contributed by atoms with van der Waals surface area (Å²) in [6.07, 6.45) is 0.386. The molecular formula is C20H20ClFN2O3. The van der Waals surface area contributed by atoms with Crippen LogP contribution >= 0.6 is 11.6 Å². The van der Waals surface area contributed by atoms with E-state index in [9.17, 15) is 19.1 Å². The number of hydrogen-bond donors (Lipinski definition) is 2. The van der Waals surface area contributed by atoms with Crippen molar-refractivity contribution >= 4 is 23.6 Å². The molecule has 2 aromatic rings. The summed E-state index contributed by atoms with van der Waals surface area (Å²) >= 11 is 6.08. The third-order valence-corrected chi connectivity index (χ3v) is 5.14. The summed E-state index contributed by atoms with van der Waals surface area (Å²) in [7, 11) is 0. The summed E-state index contributed by atoms with van der Waals surface area (Å²) in [5.41, 5.74) is 0.328. The number of halogens is 2. The number of benzene rings is 2. The molecule has 0 spiro atoms. The Bertz CT molecular complexity index is 830. The number of rotatable bonds is 4. The van der Waals surface area contributed by atoms with Gasteiger partial charge in [-0.3, -0.25) is 4.79 Å². The zero-order chi connectivity index (χ0) is 19.6. The number of aliphatic carboxylic acids is 1. The van der Waals surface area contributed by atoms with Crippen molar-refractivity contribution < 1.29 is 19.1 Å². The Kier molecular flexibility index (Phi) is 5.37. The first-order valence-corrected chi connectivity index (χ1v) is 8.96. The Morgan fingerprint density at radius 2 is 1.89 bits per heavy atom. The highest BCUT2D eigenvalue weighted by atomic mass is 35.5. The molecule has 2 N–H and O–H groups in total. The second-order valence-electron chi connectivity index (χ2n) is 7.03. The quantitative estimate of drug-likeness (QED) is 0.826. The van der Waals surface area contributed by atoms with E-state index < -0.39 is 29.3 Å². The first-order valence-electron chi connectivity index (χ1n) is 8.58. The van der Waals surface area contributed by atoms with Gasteiger partial charge in [0.15, 0.2) is 0 Å². The largest absolute Gasteiger partial charge is 0.481 e. The van der Waals surface area contributed by atoms with Gasteiger partial charge in [0.25, 0.3) is 0 Å². The molecule has 2 atom stereocenters. The van der Waals surface area contributed by atoms with Crippen LogP contribution in [0.5, 0.6) is 0 Å². The van der Waals surface area contributed by atoms with E-state index in [4.69, 9.17) is 11.6 Å². The smallest absolute Gasteiger partial charge is 0.318 e. The number of hydrogen-bond acceptors (Lipinski definition) is 2. The van der Waals surface area contributed by atoms with Crippen molar-refractivity contribution in [1.29, 1.82) is 0 Å². The number of carboxylic acids is 1. The molecule has 0 aromatic heterocycles. The zero-order valence-electron chi connectivity index (χ0n) is 14.8. The molecule has 142 valence electrons. The topological polar surface area (TPSA) is 69.6 Å². The standard InChI is InChI=1S/C20H20ClFN2O3/c1-20(18(25)26)8-9-24(12-20)19(27)23-17(13-4-2-6-15(21)10-13)14-5-3-7-16(22)11-14/h2-7,10-11,17H,8-9,12H2,1H3,(H,23,27)(H,25,26). The number of nitrogens with zero attached hydrogens (tertiary/aromatic N) is 1. The van der Waals surface area contributed by atoms with Gasteiger partial charge in [-0.05, 0) is 48.7 Å². The van der Waals surface area contributed by atoms with Crippen LogP contribution in [0.15, 0.2) is 48.5 Å². The van der Waals surface area contributed by atoms with Gasteiger partial charge in [0.05, 0.1) is 11.5 Å². The lowest BCUT2D eigenvalue weighted by Gasteiger charge is -2.25. The maximum absolute atomic E-state index is 13.7. The molecule has 7 heteroatoms. The Morgan fingerprint density at radius 3 is 2.48 bits per heavy atom. The zero-order valence-corrected chi connectivity index (χ0v) is 15.5. The molecule has 27 heavy (non-hydrogen) atoms. The molecule has 5 nitrogen and oxygen atoms in total. The molecular weight excluding hydrogens is 371 g/mol. The Balaban J connectivity index is 1.86. The Morgan fingerprint density at radius 1 is 1.22 bits per heavy atom. The molecule has 2 aromatic carbocycles. The van der Waals surface area contributed by atoms with Crippen LogP contribution in [0.1, 0.15) is 30.5 Å². The summed E-state index contributed by atoms with van der Waals surface area (Å²) in [5, 5.41) is 12.8. The highest BCUT2D eigenvalue weighted by molar-refractivity contribution is 6.30. The van der Waals surface area contributed by atoms with E-state index in [1.54, 1.807) is 43.3 Å². The highest BCUT2D eigenvalue weighted by Gasteiger charge is 2.42. The number of nitrogens with one attached hydrogen (secondary N) is 1. The summed E-state index contributed by atoms with van der Waals surface area (Å²) in [4.78, 5) is 25.7. The summed E-state index contributed by atoms with van der Waals surface area (Å²) in [5.74, 6) is -1.33. The average molecular weight is 391 g/mol. The molecule has 1 aliphatic heterocycles. The molecule has 0 bridgehead atoms. The molecule has 2 unspecified atom stereocenters. The summed E-state index contributed by atoms with van der Waals surface area (Å²) in [6, 6.07) is 12.0.